The number of carbonyl (C=O) groups is 1. The first kappa shape index (κ1) is 20.2. The number of carbonyl (C=O) groups excluding carboxylic acids is 1. The fourth-order valence-electron chi connectivity index (χ4n) is 3.18. The van der Waals surface area contributed by atoms with Crippen LogP contribution >= 0.6 is 11.6 Å². The van der Waals surface area contributed by atoms with Crippen molar-refractivity contribution in [2.24, 2.45) is 0 Å². The first-order valence-electron chi connectivity index (χ1n) is 9.48. The van der Waals surface area contributed by atoms with Crippen molar-refractivity contribution >= 4 is 38.9 Å². The number of halogens is 1. The number of benzene rings is 2. The number of ether oxygens (including phenoxy) is 1. The first-order valence-corrected chi connectivity index (χ1v) is 11.3. The lowest BCUT2D eigenvalue weighted by Gasteiger charge is -2.30. The van der Waals surface area contributed by atoms with Crippen LogP contribution in [0.3, 0.4) is 0 Å². The van der Waals surface area contributed by atoms with Gasteiger partial charge in [0.05, 0.1) is 29.5 Å². The molecule has 0 atom stereocenters. The van der Waals surface area contributed by atoms with Crippen molar-refractivity contribution in [3.63, 3.8) is 0 Å². The third-order valence-corrected chi connectivity index (χ3v) is 6.62. The number of hydrogen-bond acceptors (Lipinski definition) is 5. The number of amides is 1. The smallest absolute Gasteiger partial charge is 0.255 e. The number of nitrogens with zero attached hydrogens (tertiary/aromatic N) is 1. The van der Waals surface area contributed by atoms with Gasteiger partial charge in [-0.1, -0.05) is 17.7 Å². The van der Waals surface area contributed by atoms with E-state index >= 15 is 0 Å². The molecule has 0 bridgehead atoms. The molecule has 0 spiro atoms. The van der Waals surface area contributed by atoms with E-state index in [1.165, 1.54) is 12.1 Å². The Morgan fingerprint density at radius 2 is 1.86 bits per heavy atom. The molecular weight excluding hydrogens is 414 g/mol. The van der Waals surface area contributed by atoms with Crippen LogP contribution in [-0.4, -0.2) is 46.7 Å². The molecule has 2 aromatic rings. The number of anilines is 2. The molecule has 154 valence electrons. The minimum Gasteiger partial charge on any atom is -0.378 e. The highest BCUT2D eigenvalue weighted by Gasteiger charge is 2.28. The third-order valence-electron chi connectivity index (χ3n) is 4.86. The number of rotatable bonds is 6. The highest BCUT2D eigenvalue weighted by molar-refractivity contribution is 7.89. The van der Waals surface area contributed by atoms with Crippen molar-refractivity contribution in [1.29, 1.82) is 0 Å². The highest BCUT2D eigenvalue weighted by Crippen LogP contribution is 2.30. The molecule has 1 amide bonds. The average molecular weight is 436 g/mol. The van der Waals surface area contributed by atoms with E-state index in [0.717, 1.165) is 18.5 Å². The molecule has 0 radical (unpaired) electrons. The van der Waals surface area contributed by atoms with Crippen molar-refractivity contribution < 1.29 is 17.9 Å². The van der Waals surface area contributed by atoms with Gasteiger partial charge in [0.2, 0.25) is 10.0 Å². The summed E-state index contributed by atoms with van der Waals surface area (Å²) >= 11 is 6.14. The number of morpholine rings is 1. The van der Waals surface area contributed by atoms with Gasteiger partial charge in [-0.3, -0.25) is 4.79 Å². The van der Waals surface area contributed by atoms with Gasteiger partial charge in [0.25, 0.3) is 5.91 Å². The van der Waals surface area contributed by atoms with Gasteiger partial charge in [0, 0.05) is 29.7 Å². The molecule has 2 N–H and O–H groups in total. The molecule has 4 rings (SSSR count). The van der Waals surface area contributed by atoms with Gasteiger partial charge in [-0.2, -0.15) is 0 Å². The second-order valence-electron chi connectivity index (χ2n) is 7.14. The molecule has 2 fully saturated rings. The fraction of sp³-hybridized carbons (Fsp3) is 0.350. The van der Waals surface area contributed by atoms with Gasteiger partial charge < -0.3 is 15.0 Å². The van der Waals surface area contributed by atoms with Gasteiger partial charge >= 0.3 is 0 Å². The first-order chi connectivity index (χ1) is 13.9. The maximum absolute atomic E-state index is 12.9. The van der Waals surface area contributed by atoms with Crippen molar-refractivity contribution in [2.75, 3.05) is 36.5 Å². The highest BCUT2D eigenvalue weighted by atomic mass is 35.5. The Morgan fingerprint density at radius 3 is 2.59 bits per heavy atom. The van der Waals surface area contributed by atoms with Crippen LogP contribution in [0, 0.1) is 0 Å². The molecule has 1 saturated heterocycles. The third kappa shape index (κ3) is 4.90. The van der Waals surface area contributed by atoms with E-state index in [1.54, 1.807) is 24.3 Å². The summed E-state index contributed by atoms with van der Waals surface area (Å²) in [6, 6.07) is 11.4. The summed E-state index contributed by atoms with van der Waals surface area (Å²) in [5, 5.41) is 3.38. The molecule has 1 aliphatic carbocycles. The molecule has 1 aliphatic heterocycles. The molecular formula is C20H22ClN3O4S. The Labute approximate surface area is 175 Å². The second-order valence-corrected chi connectivity index (χ2v) is 9.29. The Hall–Kier alpha value is -2.13. The summed E-state index contributed by atoms with van der Waals surface area (Å²) < 4.78 is 32.9. The van der Waals surface area contributed by atoms with Crippen LogP contribution < -0.4 is 14.9 Å². The van der Waals surface area contributed by atoms with Crippen LogP contribution in [0.25, 0.3) is 0 Å². The van der Waals surface area contributed by atoms with Crippen LogP contribution in [-0.2, 0) is 14.8 Å². The summed E-state index contributed by atoms with van der Waals surface area (Å²) in [5.74, 6) is -0.398. The minimum absolute atomic E-state index is 0.0000221. The van der Waals surface area contributed by atoms with E-state index in [-0.39, 0.29) is 16.5 Å². The summed E-state index contributed by atoms with van der Waals surface area (Å²) in [6.07, 6.45) is 1.69. The predicted molar refractivity (Wildman–Crippen MR) is 112 cm³/mol. The molecule has 1 saturated carbocycles. The van der Waals surface area contributed by atoms with E-state index in [4.69, 9.17) is 16.3 Å². The fourth-order valence-corrected chi connectivity index (χ4v) is 4.70. The number of nitrogens with one attached hydrogen (secondary N) is 2. The van der Waals surface area contributed by atoms with Gasteiger partial charge in [-0.25, -0.2) is 13.1 Å². The van der Waals surface area contributed by atoms with Crippen LogP contribution in [0.5, 0.6) is 0 Å². The number of sulfonamides is 1. The van der Waals surface area contributed by atoms with E-state index in [1.807, 2.05) is 6.07 Å². The van der Waals surface area contributed by atoms with Gasteiger partial charge in [0.1, 0.15) is 0 Å². The maximum Gasteiger partial charge on any atom is 0.255 e. The lowest BCUT2D eigenvalue weighted by Crippen LogP contribution is -2.36. The molecule has 2 aliphatic rings. The molecule has 9 heteroatoms. The van der Waals surface area contributed by atoms with Gasteiger partial charge in [0.15, 0.2) is 0 Å². The zero-order chi connectivity index (χ0) is 20.4. The Bertz CT molecular complexity index is 1020. The standard InChI is InChI=1S/C20H22ClN3O4S/c21-15-4-7-19(24-8-10-28-11-9-24)18(13-15)22-20(25)14-2-1-3-17(12-14)29(26,27)23-16-5-6-16/h1-4,7,12-13,16,23H,5-6,8-11H2,(H,22,25). The van der Waals surface area contributed by atoms with Crippen LogP contribution in [0.1, 0.15) is 23.2 Å². The van der Waals surface area contributed by atoms with E-state index < -0.39 is 15.9 Å². The molecule has 0 unspecified atom stereocenters. The van der Waals surface area contributed by atoms with Crippen LogP contribution in [0.4, 0.5) is 11.4 Å². The molecule has 1 heterocycles. The molecule has 0 aromatic heterocycles. The molecule has 29 heavy (non-hydrogen) atoms. The quantitative estimate of drug-likeness (QED) is 0.728. The maximum atomic E-state index is 12.9. The molecule has 7 nitrogen and oxygen atoms in total. The minimum atomic E-state index is -3.63. The van der Waals surface area contributed by atoms with Crippen molar-refractivity contribution in [1.82, 2.24) is 4.72 Å². The van der Waals surface area contributed by atoms with Crippen molar-refractivity contribution in [2.45, 2.75) is 23.8 Å². The lowest BCUT2D eigenvalue weighted by molar-refractivity contribution is 0.102. The summed E-state index contributed by atoms with van der Waals surface area (Å²) in [5.41, 5.74) is 1.69. The van der Waals surface area contributed by atoms with E-state index in [9.17, 15) is 13.2 Å². The zero-order valence-corrected chi connectivity index (χ0v) is 17.3. The van der Waals surface area contributed by atoms with Gasteiger partial charge in [-0.05, 0) is 49.2 Å². The van der Waals surface area contributed by atoms with Crippen LogP contribution in [0.15, 0.2) is 47.4 Å². The average Bonchev–Trinajstić information content (AvgIpc) is 3.52. The normalized spacial score (nSPS) is 17.2. The van der Waals surface area contributed by atoms with Gasteiger partial charge in [-0.15, -0.1) is 0 Å². The summed E-state index contributed by atoms with van der Waals surface area (Å²) in [4.78, 5) is 15.1. The SMILES string of the molecule is O=C(Nc1cc(Cl)ccc1N1CCOCC1)c1cccc(S(=O)(=O)NC2CC2)c1. The van der Waals surface area contributed by atoms with E-state index in [2.05, 4.69) is 14.9 Å². The van der Waals surface area contributed by atoms with Crippen LogP contribution in [0.2, 0.25) is 5.02 Å². The predicted octanol–water partition coefficient (Wildman–Crippen LogP) is 2.87. The monoisotopic (exact) mass is 435 g/mol. The summed E-state index contributed by atoms with van der Waals surface area (Å²) in [7, 11) is -3.63. The largest absolute Gasteiger partial charge is 0.378 e. The number of hydrogen-bond donors (Lipinski definition) is 2. The Kier molecular flexibility index (Phi) is 5.78. The Morgan fingerprint density at radius 1 is 1.10 bits per heavy atom. The van der Waals surface area contributed by atoms with E-state index in [0.29, 0.717) is 37.0 Å². The second kappa shape index (κ2) is 8.31. The molecule has 2 aromatic carbocycles. The lowest BCUT2D eigenvalue weighted by atomic mass is 10.2. The summed E-state index contributed by atoms with van der Waals surface area (Å²) in [6.45, 7) is 2.66. The van der Waals surface area contributed by atoms with Crippen molar-refractivity contribution in [3.8, 4) is 0 Å². The Balaban J connectivity index is 1.57. The topological polar surface area (TPSA) is 87.7 Å². The zero-order valence-electron chi connectivity index (χ0n) is 15.7. The van der Waals surface area contributed by atoms with Crippen molar-refractivity contribution in [3.05, 3.63) is 53.1 Å².